The van der Waals surface area contributed by atoms with E-state index in [1.54, 1.807) is 37.3 Å². The summed E-state index contributed by atoms with van der Waals surface area (Å²) in [6.45, 7) is 3.98. The molecule has 0 aliphatic heterocycles. The molecule has 202 valence electrons. The molecule has 9 nitrogen and oxygen atoms in total. The number of carboxylic acid groups (broad SMARTS) is 1. The first-order valence-electron chi connectivity index (χ1n) is 11.8. The van der Waals surface area contributed by atoms with Crippen LogP contribution in [0, 0.1) is 6.92 Å². The molecule has 2 unspecified atom stereocenters. The third kappa shape index (κ3) is 7.33. The van der Waals surface area contributed by atoms with E-state index in [9.17, 15) is 23.1 Å². The zero-order chi connectivity index (χ0) is 27.9. The molecule has 2 atom stereocenters. The maximum Gasteiger partial charge on any atom is 0.410 e. The molecule has 0 spiro atoms. The summed E-state index contributed by atoms with van der Waals surface area (Å²) < 4.78 is 41.7. The van der Waals surface area contributed by atoms with Crippen molar-refractivity contribution in [2.75, 3.05) is 27.3 Å². The Morgan fingerprint density at radius 1 is 1.08 bits per heavy atom. The van der Waals surface area contributed by atoms with E-state index >= 15 is 0 Å². The Labute approximate surface area is 222 Å². The number of carbonyl (C=O) groups is 2. The van der Waals surface area contributed by atoms with E-state index in [4.69, 9.17) is 13.9 Å². The molecular formula is C28H31NO8S. The van der Waals surface area contributed by atoms with E-state index < -0.39 is 33.3 Å². The number of hydrogen-bond acceptors (Lipinski definition) is 7. The molecule has 0 saturated heterocycles. The summed E-state index contributed by atoms with van der Waals surface area (Å²) in [5.41, 5.74) is 2.19. The van der Waals surface area contributed by atoms with Crippen LogP contribution in [0.2, 0.25) is 0 Å². The van der Waals surface area contributed by atoms with Crippen molar-refractivity contribution < 1.29 is 37.0 Å². The number of hydrogen-bond donors (Lipinski definition) is 1. The highest BCUT2D eigenvalue weighted by atomic mass is 32.2. The molecule has 0 saturated carbocycles. The summed E-state index contributed by atoms with van der Waals surface area (Å²) in [5, 5.41) is 9.89. The lowest BCUT2D eigenvalue weighted by atomic mass is 10.1. The highest BCUT2D eigenvalue weighted by Gasteiger charge is 2.26. The molecule has 0 aliphatic carbocycles. The maximum atomic E-state index is 13.0. The molecule has 38 heavy (non-hydrogen) atoms. The van der Waals surface area contributed by atoms with Gasteiger partial charge in [0.25, 0.3) is 0 Å². The molecule has 10 heteroatoms. The van der Waals surface area contributed by atoms with Crippen LogP contribution in [0.1, 0.15) is 40.7 Å². The lowest BCUT2D eigenvalue weighted by Gasteiger charge is -2.20. The third-order valence-electron chi connectivity index (χ3n) is 5.95. The Morgan fingerprint density at radius 2 is 1.79 bits per heavy atom. The van der Waals surface area contributed by atoms with Crippen LogP contribution in [0.25, 0.3) is 17.4 Å². The van der Waals surface area contributed by atoms with Gasteiger partial charge in [0.1, 0.15) is 11.5 Å². The van der Waals surface area contributed by atoms with Crippen LogP contribution in [0.5, 0.6) is 0 Å². The number of aliphatic carboxylic acids is 1. The molecule has 1 heterocycles. The van der Waals surface area contributed by atoms with Crippen molar-refractivity contribution in [3.63, 3.8) is 0 Å². The first kappa shape index (κ1) is 28.7. The molecule has 1 amide bonds. The topological polar surface area (TPSA) is 123 Å². The summed E-state index contributed by atoms with van der Waals surface area (Å²) in [7, 11) is -0.705. The fraction of sp³-hybridized carbons (Fsp3) is 0.286. The van der Waals surface area contributed by atoms with Crippen molar-refractivity contribution in [2.45, 2.75) is 25.2 Å². The lowest BCUT2D eigenvalue weighted by Crippen LogP contribution is -2.33. The van der Waals surface area contributed by atoms with Gasteiger partial charge in [-0.05, 0) is 49.2 Å². The average Bonchev–Trinajstić information content (AvgIpc) is 3.35. The molecule has 1 aromatic heterocycles. The van der Waals surface area contributed by atoms with Gasteiger partial charge in [-0.2, -0.15) is 0 Å². The number of aryl methyl sites for hydroxylation is 1. The van der Waals surface area contributed by atoms with Gasteiger partial charge in [0.2, 0.25) is 6.10 Å². The SMILES string of the molecule is COCCN(C)C(=O)OC(C(=O)O)c1ccc(C=CS(=O)(=O)C(C)c2cccc(-c3ccc(C)o3)c2)cc1. The van der Waals surface area contributed by atoms with Gasteiger partial charge in [0.15, 0.2) is 9.84 Å². The molecule has 1 N–H and O–H groups in total. The van der Waals surface area contributed by atoms with Crippen molar-refractivity contribution in [3.05, 3.63) is 88.5 Å². The molecule has 2 aromatic carbocycles. The van der Waals surface area contributed by atoms with Crippen LogP contribution < -0.4 is 0 Å². The normalized spacial score (nSPS) is 13.3. The highest BCUT2D eigenvalue weighted by Crippen LogP contribution is 2.29. The minimum Gasteiger partial charge on any atom is -0.478 e. The zero-order valence-corrected chi connectivity index (χ0v) is 22.5. The molecule has 0 bridgehead atoms. The number of nitrogens with zero attached hydrogens (tertiary/aromatic N) is 1. The van der Waals surface area contributed by atoms with Gasteiger partial charge < -0.3 is 23.9 Å². The van der Waals surface area contributed by atoms with Crippen molar-refractivity contribution in [3.8, 4) is 11.3 Å². The second-order valence-electron chi connectivity index (χ2n) is 8.75. The van der Waals surface area contributed by atoms with Gasteiger partial charge in [0.05, 0.1) is 11.9 Å². The third-order valence-corrected chi connectivity index (χ3v) is 7.72. The second kappa shape index (κ2) is 12.6. The van der Waals surface area contributed by atoms with Crippen molar-refractivity contribution in [1.29, 1.82) is 0 Å². The molecule has 0 aliphatic rings. The van der Waals surface area contributed by atoms with Gasteiger partial charge in [-0.25, -0.2) is 18.0 Å². The monoisotopic (exact) mass is 541 g/mol. The number of likely N-dealkylation sites (N-methyl/N-ethyl adjacent to an activating group) is 1. The number of amides is 1. The van der Waals surface area contributed by atoms with E-state index in [1.807, 2.05) is 25.1 Å². The van der Waals surface area contributed by atoms with Crippen molar-refractivity contribution >= 4 is 28.0 Å². The van der Waals surface area contributed by atoms with E-state index in [1.165, 1.54) is 37.3 Å². The Kier molecular flexibility index (Phi) is 9.49. The maximum absolute atomic E-state index is 13.0. The Hall–Kier alpha value is -3.89. The number of rotatable bonds is 11. The minimum absolute atomic E-state index is 0.240. The van der Waals surface area contributed by atoms with Crippen LogP contribution in [-0.4, -0.2) is 57.8 Å². The first-order valence-corrected chi connectivity index (χ1v) is 13.4. The summed E-state index contributed by atoms with van der Waals surface area (Å²) >= 11 is 0. The van der Waals surface area contributed by atoms with Crippen LogP contribution in [0.3, 0.4) is 0 Å². The minimum atomic E-state index is -3.67. The summed E-state index contributed by atoms with van der Waals surface area (Å²) in [6, 6.07) is 17.0. The van der Waals surface area contributed by atoms with Crippen LogP contribution >= 0.6 is 0 Å². The summed E-state index contributed by atoms with van der Waals surface area (Å²) in [5.74, 6) is 0.101. The van der Waals surface area contributed by atoms with Crippen LogP contribution in [0.4, 0.5) is 4.79 Å². The van der Waals surface area contributed by atoms with Crippen LogP contribution in [-0.2, 0) is 24.1 Å². The van der Waals surface area contributed by atoms with Gasteiger partial charge in [-0.3, -0.25) is 0 Å². The molecule has 3 rings (SSSR count). The smallest absolute Gasteiger partial charge is 0.410 e. The number of carboxylic acids is 1. The zero-order valence-electron chi connectivity index (χ0n) is 21.7. The van der Waals surface area contributed by atoms with Gasteiger partial charge in [-0.1, -0.05) is 42.5 Å². The quantitative estimate of drug-likeness (QED) is 0.349. The number of carbonyl (C=O) groups excluding carboxylic acids is 1. The fourth-order valence-corrected chi connectivity index (χ4v) is 4.68. The number of furan rings is 1. The lowest BCUT2D eigenvalue weighted by molar-refractivity contribution is -0.147. The first-order chi connectivity index (χ1) is 18.0. The number of methoxy groups -OCH3 is 1. The predicted molar refractivity (Wildman–Crippen MR) is 143 cm³/mol. The second-order valence-corrected chi connectivity index (χ2v) is 10.9. The summed E-state index contributed by atoms with van der Waals surface area (Å²) in [6.07, 6.45) is -0.875. The number of ether oxygens (including phenoxy) is 2. The number of benzene rings is 2. The molecule has 3 aromatic rings. The Balaban J connectivity index is 1.72. The predicted octanol–water partition coefficient (Wildman–Crippen LogP) is 5.24. The summed E-state index contributed by atoms with van der Waals surface area (Å²) in [4.78, 5) is 25.1. The van der Waals surface area contributed by atoms with E-state index in [-0.39, 0.29) is 18.7 Å². The van der Waals surface area contributed by atoms with E-state index in [0.29, 0.717) is 16.9 Å². The van der Waals surface area contributed by atoms with Crippen molar-refractivity contribution in [2.24, 2.45) is 0 Å². The average molecular weight is 542 g/mol. The Morgan fingerprint density at radius 3 is 2.39 bits per heavy atom. The van der Waals surface area contributed by atoms with E-state index in [0.717, 1.165) is 16.7 Å². The fourth-order valence-electron chi connectivity index (χ4n) is 3.57. The van der Waals surface area contributed by atoms with E-state index in [2.05, 4.69) is 0 Å². The largest absolute Gasteiger partial charge is 0.478 e. The number of sulfone groups is 1. The molecule has 0 fully saturated rings. The standard InChI is InChI=1S/C28H31NO8S/c1-19-8-13-25(36-19)24-7-5-6-23(18-24)20(2)38(33,34)17-14-21-9-11-22(12-10-21)26(27(30)31)37-28(32)29(3)15-16-35-4/h5-14,17-18,20,26H,15-16H2,1-4H3,(H,30,31). The van der Waals surface area contributed by atoms with Crippen LogP contribution in [0.15, 0.2) is 70.5 Å². The Bertz CT molecular complexity index is 1390. The van der Waals surface area contributed by atoms with Crippen molar-refractivity contribution in [1.82, 2.24) is 4.90 Å². The van der Waals surface area contributed by atoms with Gasteiger partial charge in [0, 0.05) is 37.2 Å². The molecule has 0 radical (unpaired) electrons. The van der Waals surface area contributed by atoms with Gasteiger partial charge >= 0.3 is 12.1 Å². The molecular weight excluding hydrogens is 510 g/mol. The highest BCUT2D eigenvalue weighted by molar-refractivity contribution is 7.94. The van der Waals surface area contributed by atoms with Gasteiger partial charge in [-0.15, -0.1) is 0 Å².